The molecule has 1 aromatic heterocycles. The number of hydrogen-bond donors (Lipinski definition) is 0. The van der Waals surface area contributed by atoms with Crippen molar-refractivity contribution in [2.45, 2.75) is 45.3 Å². The molecule has 0 spiro atoms. The van der Waals surface area contributed by atoms with E-state index in [1.165, 1.54) is 7.11 Å². The first-order valence-corrected chi connectivity index (χ1v) is 6.79. The number of nitrogens with zero attached hydrogens (tertiary/aromatic N) is 2. The Hall–Kier alpha value is -1.36. The number of carbonyl (C=O) groups excluding carboxylic acids is 1. The van der Waals surface area contributed by atoms with E-state index in [9.17, 15) is 4.79 Å². The average Bonchev–Trinajstić information content (AvgIpc) is 2.74. The summed E-state index contributed by atoms with van der Waals surface area (Å²) in [6, 6.07) is 2.04. The van der Waals surface area contributed by atoms with Crippen LogP contribution in [-0.4, -0.2) is 29.0 Å². The third kappa shape index (κ3) is 3.56. The van der Waals surface area contributed by atoms with Gasteiger partial charge in [-0.25, -0.2) is 0 Å². The van der Waals surface area contributed by atoms with Crippen LogP contribution in [0.2, 0.25) is 0 Å². The van der Waals surface area contributed by atoms with Gasteiger partial charge in [-0.05, 0) is 38.7 Å². The number of ether oxygens (including phenoxy) is 2. The Bertz CT molecular complexity index is 434. The van der Waals surface area contributed by atoms with Crippen molar-refractivity contribution in [3.05, 3.63) is 17.5 Å². The molecule has 0 saturated heterocycles. The predicted molar refractivity (Wildman–Crippen MR) is 70.5 cm³/mol. The summed E-state index contributed by atoms with van der Waals surface area (Å²) in [5, 5.41) is 4.30. The third-order valence-electron chi connectivity index (χ3n) is 3.77. The van der Waals surface area contributed by atoms with Crippen molar-refractivity contribution >= 4 is 5.97 Å². The molecule has 0 atom stereocenters. The van der Waals surface area contributed by atoms with E-state index in [0.29, 0.717) is 6.61 Å². The highest BCUT2D eigenvalue weighted by molar-refractivity contribution is 5.72. The first-order chi connectivity index (χ1) is 9.10. The maximum Gasteiger partial charge on any atom is 0.308 e. The average molecular weight is 266 g/mol. The SMILES string of the molecule is COC(=O)C1CCC(OCc2cc(C)nn2C)CC1. The number of aryl methyl sites for hydroxylation is 2. The summed E-state index contributed by atoms with van der Waals surface area (Å²) in [7, 11) is 3.38. The number of aromatic nitrogens is 2. The van der Waals surface area contributed by atoms with E-state index in [1.807, 2.05) is 24.7 Å². The molecule has 0 aromatic carbocycles. The summed E-state index contributed by atoms with van der Waals surface area (Å²) >= 11 is 0. The van der Waals surface area contributed by atoms with Crippen LogP contribution < -0.4 is 0 Å². The third-order valence-corrected chi connectivity index (χ3v) is 3.77. The van der Waals surface area contributed by atoms with Crippen LogP contribution in [-0.2, 0) is 27.9 Å². The summed E-state index contributed by atoms with van der Waals surface area (Å²) in [4.78, 5) is 11.4. The molecule has 1 aliphatic carbocycles. The van der Waals surface area contributed by atoms with E-state index in [-0.39, 0.29) is 18.0 Å². The maximum atomic E-state index is 11.4. The van der Waals surface area contributed by atoms with Gasteiger partial charge in [-0.1, -0.05) is 0 Å². The number of hydrogen-bond acceptors (Lipinski definition) is 4. The van der Waals surface area contributed by atoms with Gasteiger partial charge in [-0.2, -0.15) is 5.10 Å². The van der Waals surface area contributed by atoms with Gasteiger partial charge in [0.1, 0.15) is 0 Å². The number of rotatable bonds is 4. The van der Waals surface area contributed by atoms with Crippen LogP contribution in [0, 0.1) is 12.8 Å². The van der Waals surface area contributed by atoms with Crippen molar-refractivity contribution in [3.8, 4) is 0 Å². The Balaban J connectivity index is 1.77. The van der Waals surface area contributed by atoms with Gasteiger partial charge in [0.05, 0.1) is 37.1 Å². The lowest BCUT2D eigenvalue weighted by molar-refractivity contribution is -0.147. The van der Waals surface area contributed by atoms with Crippen molar-refractivity contribution in [1.82, 2.24) is 9.78 Å². The van der Waals surface area contributed by atoms with E-state index in [2.05, 4.69) is 5.10 Å². The van der Waals surface area contributed by atoms with Gasteiger partial charge in [0.25, 0.3) is 0 Å². The number of methoxy groups -OCH3 is 1. The Morgan fingerprint density at radius 2 is 2.11 bits per heavy atom. The predicted octanol–water partition coefficient (Wildman–Crippen LogP) is 1.98. The van der Waals surface area contributed by atoms with Crippen molar-refractivity contribution in [2.24, 2.45) is 13.0 Å². The smallest absolute Gasteiger partial charge is 0.308 e. The van der Waals surface area contributed by atoms with Crippen molar-refractivity contribution in [1.29, 1.82) is 0 Å². The molecule has 0 N–H and O–H groups in total. The quantitative estimate of drug-likeness (QED) is 0.782. The first-order valence-electron chi connectivity index (χ1n) is 6.79. The molecule has 5 nitrogen and oxygen atoms in total. The standard InChI is InChI=1S/C14H22N2O3/c1-10-8-12(16(2)15-10)9-19-13-6-4-11(5-7-13)14(17)18-3/h8,11,13H,4-7,9H2,1-3H3. The molecular formula is C14H22N2O3. The summed E-state index contributed by atoms with van der Waals surface area (Å²) < 4.78 is 12.5. The molecule has 0 unspecified atom stereocenters. The normalized spacial score (nSPS) is 23.3. The summed E-state index contributed by atoms with van der Waals surface area (Å²) in [5.74, 6) is -0.0236. The Morgan fingerprint density at radius 1 is 1.42 bits per heavy atom. The second kappa shape index (κ2) is 6.19. The van der Waals surface area contributed by atoms with Gasteiger partial charge in [0.15, 0.2) is 0 Å². The van der Waals surface area contributed by atoms with Crippen molar-refractivity contribution < 1.29 is 14.3 Å². The van der Waals surface area contributed by atoms with Crippen LogP contribution in [0.5, 0.6) is 0 Å². The van der Waals surface area contributed by atoms with Crippen LogP contribution >= 0.6 is 0 Å². The zero-order valence-electron chi connectivity index (χ0n) is 11.9. The second-order valence-electron chi connectivity index (χ2n) is 5.21. The summed E-state index contributed by atoms with van der Waals surface area (Å²) in [5.41, 5.74) is 2.10. The summed E-state index contributed by atoms with van der Waals surface area (Å²) in [6.45, 7) is 2.57. The largest absolute Gasteiger partial charge is 0.469 e. The van der Waals surface area contributed by atoms with Crippen LogP contribution in [0.25, 0.3) is 0 Å². The van der Waals surface area contributed by atoms with Crippen LogP contribution in [0.15, 0.2) is 6.07 Å². The zero-order chi connectivity index (χ0) is 13.8. The van der Waals surface area contributed by atoms with Gasteiger partial charge in [-0.15, -0.1) is 0 Å². The molecule has 5 heteroatoms. The molecule has 1 aromatic rings. The minimum absolute atomic E-state index is 0.0591. The molecule has 19 heavy (non-hydrogen) atoms. The van der Waals surface area contributed by atoms with Gasteiger partial charge >= 0.3 is 5.97 Å². The van der Waals surface area contributed by atoms with Gasteiger partial charge < -0.3 is 9.47 Å². The number of carbonyl (C=O) groups is 1. The van der Waals surface area contributed by atoms with E-state index < -0.39 is 0 Å². The molecule has 1 aliphatic rings. The van der Waals surface area contributed by atoms with Gasteiger partial charge in [0, 0.05) is 7.05 Å². The highest BCUT2D eigenvalue weighted by atomic mass is 16.5. The lowest BCUT2D eigenvalue weighted by Crippen LogP contribution is -2.27. The molecule has 1 fully saturated rings. The fraction of sp³-hybridized carbons (Fsp3) is 0.714. The minimum Gasteiger partial charge on any atom is -0.469 e. The zero-order valence-corrected chi connectivity index (χ0v) is 11.9. The Kier molecular flexibility index (Phi) is 4.58. The van der Waals surface area contributed by atoms with Crippen LogP contribution in [0.3, 0.4) is 0 Å². The lowest BCUT2D eigenvalue weighted by atomic mass is 9.87. The van der Waals surface area contributed by atoms with E-state index in [1.54, 1.807) is 0 Å². The first kappa shape index (κ1) is 14.1. The molecule has 2 rings (SSSR count). The molecule has 0 amide bonds. The van der Waals surface area contributed by atoms with Crippen molar-refractivity contribution in [3.63, 3.8) is 0 Å². The highest BCUT2D eigenvalue weighted by Crippen LogP contribution is 2.27. The fourth-order valence-corrected chi connectivity index (χ4v) is 2.63. The molecule has 106 valence electrons. The van der Waals surface area contributed by atoms with Gasteiger partial charge in [-0.3, -0.25) is 9.48 Å². The molecule has 1 heterocycles. The second-order valence-corrected chi connectivity index (χ2v) is 5.21. The molecule has 0 aliphatic heterocycles. The maximum absolute atomic E-state index is 11.4. The van der Waals surface area contributed by atoms with Crippen LogP contribution in [0.4, 0.5) is 0 Å². The van der Waals surface area contributed by atoms with E-state index in [4.69, 9.17) is 9.47 Å². The Morgan fingerprint density at radius 3 is 2.63 bits per heavy atom. The monoisotopic (exact) mass is 266 g/mol. The molecule has 1 saturated carbocycles. The highest BCUT2D eigenvalue weighted by Gasteiger charge is 2.27. The van der Waals surface area contributed by atoms with Gasteiger partial charge in [0.2, 0.25) is 0 Å². The van der Waals surface area contributed by atoms with E-state index >= 15 is 0 Å². The Labute approximate surface area is 113 Å². The number of esters is 1. The molecule has 0 bridgehead atoms. The molecule has 0 radical (unpaired) electrons. The van der Waals surface area contributed by atoms with Crippen molar-refractivity contribution in [2.75, 3.05) is 7.11 Å². The summed E-state index contributed by atoms with van der Waals surface area (Å²) in [6.07, 6.45) is 3.83. The fourth-order valence-electron chi connectivity index (χ4n) is 2.63. The minimum atomic E-state index is -0.0827. The van der Waals surface area contributed by atoms with E-state index in [0.717, 1.165) is 37.1 Å². The lowest BCUT2D eigenvalue weighted by Gasteiger charge is -2.26. The topological polar surface area (TPSA) is 53.4 Å². The molecular weight excluding hydrogens is 244 g/mol. The van der Waals surface area contributed by atoms with Crippen LogP contribution in [0.1, 0.15) is 37.1 Å².